The van der Waals surface area contributed by atoms with Crippen molar-refractivity contribution in [2.45, 2.75) is 18.2 Å². The van der Waals surface area contributed by atoms with E-state index < -0.39 is 35.1 Å². The Morgan fingerprint density at radius 1 is 1.06 bits per heavy atom. The van der Waals surface area contributed by atoms with E-state index in [-0.39, 0.29) is 6.20 Å². The van der Waals surface area contributed by atoms with E-state index >= 15 is 0 Å². The molecular formula is C8H4ClF6N. The van der Waals surface area contributed by atoms with Crippen LogP contribution >= 0.6 is 11.6 Å². The van der Waals surface area contributed by atoms with E-state index in [1.165, 1.54) is 0 Å². The highest BCUT2D eigenvalue weighted by Gasteiger charge is 2.38. The lowest BCUT2D eigenvalue weighted by Gasteiger charge is -2.12. The largest absolute Gasteiger partial charge is 0.433 e. The smallest absolute Gasteiger partial charge is 0.251 e. The van der Waals surface area contributed by atoms with E-state index in [0.717, 1.165) is 0 Å². The predicted octanol–water partition coefficient (Wildman–Crippen LogP) is 3.86. The van der Waals surface area contributed by atoms with Gasteiger partial charge in [0.1, 0.15) is 5.69 Å². The van der Waals surface area contributed by atoms with Crippen molar-refractivity contribution in [3.8, 4) is 0 Å². The number of alkyl halides is 7. The van der Waals surface area contributed by atoms with Crippen molar-refractivity contribution in [2.75, 3.05) is 0 Å². The van der Waals surface area contributed by atoms with Gasteiger partial charge in [0.15, 0.2) is 0 Å². The van der Waals surface area contributed by atoms with E-state index in [0.29, 0.717) is 6.07 Å². The Bertz CT molecular complexity index is 383. The van der Waals surface area contributed by atoms with Crippen molar-refractivity contribution < 1.29 is 26.3 Å². The number of hydrogen-bond acceptors (Lipinski definition) is 1. The number of rotatable bonds is 1. The molecule has 0 radical (unpaired) electrons. The Hall–Kier alpha value is -0.980. The van der Waals surface area contributed by atoms with Crippen LogP contribution in [0.5, 0.6) is 0 Å². The minimum atomic E-state index is -4.81. The van der Waals surface area contributed by atoms with Gasteiger partial charge >= 0.3 is 12.4 Å². The first-order valence-electron chi connectivity index (χ1n) is 3.85. The highest BCUT2D eigenvalue weighted by molar-refractivity contribution is 6.17. The first-order valence-corrected chi connectivity index (χ1v) is 4.39. The average Bonchev–Trinajstić information content (AvgIpc) is 2.14. The summed E-state index contributed by atoms with van der Waals surface area (Å²) in [5, 5.41) is 0. The Morgan fingerprint density at radius 2 is 1.62 bits per heavy atom. The molecule has 90 valence electrons. The molecule has 0 aliphatic rings. The third kappa shape index (κ3) is 2.78. The van der Waals surface area contributed by atoms with Gasteiger partial charge in [-0.1, -0.05) is 0 Å². The molecule has 1 heterocycles. The number of pyridine rings is 1. The van der Waals surface area contributed by atoms with Gasteiger partial charge in [0.25, 0.3) is 0 Å². The van der Waals surface area contributed by atoms with Crippen LogP contribution < -0.4 is 0 Å². The number of nitrogens with zero attached hydrogens (tertiary/aromatic N) is 1. The number of hydrogen-bond donors (Lipinski definition) is 0. The summed E-state index contributed by atoms with van der Waals surface area (Å²) < 4.78 is 73.3. The van der Waals surface area contributed by atoms with E-state index in [1.54, 1.807) is 0 Å². The summed E-state index contributed by atoms with van der Waals surface area (Å²) in [6.07, 6.45) is -9.41. The second kappa shape index (κ2) is 4.12. The van der Waals surface area contributed by atoms with Crippen LogP contribution in [0.1, 0.15) is 16.8 Å². The molecule has 8 heteroatoms. The molecule has 0 aromatic carbocycles. The van der Waals surface area contributed by atoms with Crippen molar-refractivity contribution in [1.29, 1.82) is 0 Å². The van der Waals surface area contributed by atoms with Crippen LogP contribution in [0.4, 0.5) is 26.3 Å². The lowest BCUT2D eigenvalue weighted by Crippen LogP contribution is -2.14. The molecule has 0 saturated carbocycles. The SMILES string of the molecule is FC(F)(F)c1cnc(C(F)(F)F)c(CCl)c1. The Labute approximate surface area is 91.0 Å². The maximum absolute atomic E-state index is 12.3. The normalized spacial score (nSPS) is 12.9. The molecule has 0 atom stereocenters. The summed E-state index contributed by atoms with van der Waals surface area (Å²) >= 11 is 5.15. The fourth-order valence-corrected chi connectivity index (χ4v) is 1.23. The molecule has 0 aliphatic heterocycles. The molecule has 0 bridgehead atoms. The lowest BCUT2D eigenvalue weighted by molar-refractivity contribution is -0.144. The van der Waals surface area contributed by atoms with Gasteiger partial charge in [-0.15, -0.1) is 11.6 Å². The fourth-order valence-electron chi connectivity index (χ4n) is 1.02. The van der Waals surface area contributed by atoms with Gasteiger partial charge in [0.2, 0.25) is 0 Å². The monoisotopic (exact) mass is 263 g/mol. The van der Waals surface area contributed by atoms with Crippen LogP contribution in [0.2, 0.25) is 0 Å². The Morgan fingerprint density at radius 3 is 2.00 bits per heavy atom. The standard InChI is InChI=1S/C8H4ClF6N/c9-2-4-1-5(7(10,11)12)3-16-6(4)8(13,14)15/h1,3H,2H2. The van der Waals surface area contributed by atoms with Gasteiger partial charge < -0.3 is 0 Å². The topological polar surface area (TPSA) is 12.9 Å². The second-order valence-corrected chi connectivity index (χ2v) is 3.13. The third-order valence-electron chi connectivity index (χ3n) is 1.71. The molecule has 0 spiro atoms. The molecule has 0 aliphatic carbocycles. The van der Waals surface area contributed by atoms with Gasteiger partial charge in [0, 0.05) is 12.1 Å². The van der Waals surface area contributed by atoms with Crippen LogP contribution in [0.15, 0.2) is 12.3 Å². The number of halogens is 7. The maximum atomic E-state index is 12.3. The Balaban J connectivity index is 3.28. The zero-order chi connectivity index (χ0) is 12.6. The molecule has 1 nitrogen and oxygen atoms in total. The van der Waals surface area contributed by atoms with Crippen LogP contribution in [-0.4, -0.2) is 4.98 Å². The summed E-state index contributed by atoms with van der Waals surface area (Å²) in [7, 11) is 0. The highest BCUT2D eigenvalue weighted by atomic mass is 35.5. The summed E-state index contributed by atoms with van der Waals surface area (Å²) in [6.45, 7) is 0. The predicted molar refractivity (Wildman–Crippen MR) is 43.8 cm³/mol. The van der Waals surface area contributed by atoms with Gasteiger partial charge in [-0.2, -0.15) is 26.3 Å². The molecule has 0 saturated heterocycles. The van der Waals surface area contributed by atoms with Gasteiger partial charge in [-0.05, 0) is 11.6 Å². The second-order valence-electron chi connectivity index (χ2n) is 2.86. The van der Waals surface area contributed by atoms with E-state index in [1.807, 2.05) is 0 Å². The summed E-state index contributed by atoms with van der Waals surface area (Å²) in [5.74, 6) is -0.689. The van der Waals surface area contributed by atoms with Crippen LogP contribution in [0, 0.1) is 0 Å². The van der Waals surface area contributed by atoms with Gasteiger partial charge in [-0.3, -0.25) is 4.98 Å². The molecule has 16 heavy (non-hydrogen) atoms. The maximum Gasteiger partial charge on any atom is 0.433 e. The van der Waals surface area contributed by atoms with Crippen molar-refractivity contribution >= 4 is 11.6 Å². The molecule has 1 aromatic rings. The van der Waals surface area contributed by atoms with Gasteiger partial charge in [0.05, 0.1) is 5.56 Å². The highest BCUT2D eigenvalue weighted by Crippen LogP contribution is 2.35. The minimum Gasteiger partial charge on any atom is -0.251 e. The lowest BCUT2D eigenvalue weighted by atomic mass is 10.1. The van der Waals surface area contributed by atoms with Crippen molar-refractivity contribution in [3.63, 3.8) is 0 Å². The molecule has 1 rings (SSSR count). The first-order chi connectivity index (χ1) is 7.16. The molecular weight excluding hydrogens is 260 g/mol. The van der Waals surface area contributed by atoms with Crippen LogP contribution in [0.25, 0.3) is 0 Å². The summed E-state index contributed by atoms with van der Waals surface area (Å²) in [6, 6.07) is 0.350. The Kier molecular flexibility index (Phi) is 3.37. The van der Waals surface area contributed by atoms with E-state index in [9.17, 15) is 26.3 Å². The van der Waals surface area contributed by atoms with Crippen molar-refractivity contribution in [2.24, 2.45) is 0 Å². The number of aromatic nitrogens is 1. The minimum absolute atomic E-state index is 0.138. The third-order valence-corrected chi connectivity index (χ3v) is 1.99. The summed E-state index contributed by atoms with van der Waals surface area (Å²) in [5.41, 5.74) is -3.34. The first kappa shape index (κ1) is 13.1. The fraction of sp³-hybridized carbons (Fsp3) is 0.375. The summed E-state index contributed by atoms with van der Waals surface area (Å²) in [4.78, 5) is 2.76. The van der Waals surface area contributed by atoms with Crippen molar-refractivity contribution in [3.05, 3.63) is 29.1 Å². The molecule has 0 N–H and O–H groups in total. The molecule has 0 unspecified atom stereocenters. The van der Waals surface area contributed by atoms with Crippen molar-refractivity contribution in [1.82, 2.24) is 4.98 Å². The molecule has 0 fully saturated rings. The van der Waals surface area contributed by atoms with E-state index in [4.69, 9.17) is 11.6 Å². The average molecular weight is 264 g/mol. The van der Waals surface area contributed by atoms with Gasteiger partial charge in [-0.25, -0.2) is 0 Å². The van der Waals surface area contributed by atoms with E-state index in [2.05, 4.69) is 4.98 Å². The zero-order valence-electron chi connectivity index (χ0n) is 7.45. The molecule has 0 amide bonds. The van der Waals surface area contributed by atoms with Crippen LogP contribution in [-0.2, 0) is 18.2 Å². The van der Waals surface area contributed by atoms with Crippen LogP contribution in [0.3, 0.4) is 0 Å². The zero-order valence-corrected chi connectivity index (χ0v) is 8.21. The quantitative estimate of drug-likeness (QED) is 0.554. The molecule has 1 aromatic heterocycles.